The average Bonchev–Trinajstić information content (AvgIpc) is 2.62. The molecule has 0 fully saturated rings. The molecule has 0 spiro atoms. The van der Waals surface area contributed by atoms with Crippen LogP contribution in [0.1, 0.15) is 13.8 Å². The number of aromatic amines is 1. The monoisotopic (exact) mass is 362 g/mol. The van der Waals surface area contributed by atoms with Crippen molar-refractivity contribution in [2.75, 3.05) is 5.73 Å². The third-order valence-corrected chi connectivity index (χ3v) is 4.51. The second-order valence-corrected chi connectivity index (χ2v) is 7.00. The van der Waals surface area contributed by atoms with Crippen LogP contribution in [-0.2, 0) is 0 Å². The SMILES string of the molecule is CC(C)N=c1cc2[nH]c3ccccc3nc-2c(-c2ccc(Cl)cc2)c1N. The second kappa shape index (κ2) is 6.46. The number of nitrogen functional groups attached to an aromatic ring is 1. The molecule has 26 heavy (non-hydrogen) atoms. The molecule has 1 heterocycles. The lowest BCUT2D eigenvalue weighted by Crippen LogP contribution is -2.16. The number of H-pyrrole nitrogens is 1. The summed E-state index contributed by atoms with van der Waals surface area (Å²) in [4.78, 5) is 13.0. The van der Waals surface area contributed by atoms with Gasteiger partial charge in [0.25, 0.3) is 0 Å². The van der Waals surface area contributed by atoms with Gasteiger partial charge < -0.3 is 10.7 Å². The average molecular weight is 363 g/mol. The molecule has 0 radical (unpaired) electrons. The second-order valence-electron chi connectivity index (χ2n) is 6.56. The molecule has 0 bridgehead atoms. The molecule has 1 aliphatic heterocycles. The molecule has 0 saturated heterocycles. The summed E-state index contributed by atoms with van der Waals surface area (Å²) in [6.45, 7) is 4.07. The lowest BCUT2D eigenvalue weighted by atomic mass is 9.97. The number of rotatable bonds is 2. The van der Waals surface area contributed by atoms with Crippen LogP contribution >= 0.6 is 11.6 Å². The lowest BCUT2D eigenvalue weighted by Gasteiger charge is -2.16. The first-order valence-corrected chi connectivity index (χ1v) is 8.92. The van der Waals surface area contributed by atoms with Crippen molar-refractivity contribution >= 4 is 28.3 Å². The van der Waals surface area contributed by atoms with Gasteiger partial charge in [0.15, 0.2) is 0 Å². The lowest BCUT2D eigenvalue weighted by molar-refractivity contribution is 0.806. The topological polar surface area (TPSA) is 67.1 Å². The Balaban J connectivity index is 2.14. The first-order valence-electron chi connectivity index (χ1n) is 8.54. The predicted molar refractivity (Wildman–Crippen MR) is 108 cm³/mol. The first kappa shape index (κ1) is 16.6. The molecule has 4 nitrogen and oxygen atoms in total. The molecule has 2 aliphatic rings. The van der Waals surface area contributed by atoms with E-state index in [2.05, 4.69) is 4.98 Å². The highest BCUT2D eigenvalue weighted by atomic mass is 35.5. The van der Waals surface area contributed by atoms with Gasteiger partial charge in [-0.15, -0.1) is 0 Å². The molecule has 130 valence electrons. The van der Waals surface area contributed by atoms with Crippen LogP contribution in [0.4, 0.5) is 5.69 Å². The molecule has 0 amide bonds. The largest absolute Gasteiger partial charge is 0.396 e. The van der Waals surface area contributed by atoms with Crippen molar-refractivity contribution in [1.82, 2.24) is 9.97 Å². The fourth-order valence-corrected chi connectivity index (χ4v) is 3.25. The highest BCUT2D eigenvalue weighted by molar-refractivity contribution is 6.30. The highest BCUT2D eigenvalue weighted by Crippen LogP contribution is 2.35. The van der Waals surface area contributed by atoms with E-state index in [4.69, 9.17) is 27.3 Å². The predicted octanol–water partition coefficient (Wildman–Crippen LogP) is 4.88. The summed E-state index contributed by atoms with van der Waals surface area (Å²) in [7, 11) is 0. The van der Waals surface area contributed by atoms with E-state index in [1.807, 2.05) is 68.4 Å². The molecular formula is C21H19ClN4. The van der Waals surface area contributed by atoms with Gasteiger partial charge in [-0.05, 0) is 49.7 Å². The third kappa shape index (κ3) is 2.93. The van der Waals surface area contributed by atoms with Crippen molar-refractivity contribution in [2.45, 2.75) is 19.9 Å². The van der Waals surface area contributed by atoms with Gasteiger partial charge in [0.2, 0.25) is 0 Å². The van der Waals surface area contributed by atoms with Crippen LogP contribution in [0.15, 0.2) is 59.6 Å². The van der Waals surface area contributed by atoms with Gasteiger partial charge in [-0.3, -0.25) is 4.99 Å². The van der Waals surface area contributed by atoms with Crippen molar-refractivity contribution < 1.29 is 0 Å². The van der Waals surface area contributed by atoms with E-state index in [0.29, 0.717) is 10.7 Å². The summed E-state index contributed by atoms with van der Waals surface area (Å²) in [6.07, 6.45) is 0. The van der Waals surface area contributed by atoms with Crippen LogP contribution in [0.3, 0.4) is 0 Å². The Labute approximate surface area is 156 Å². The van der Waals surface area contributed by atoms with Crippen molar-refractivity contribution in [3.63, 3.8) is 0 Å². The van der Waals surface area contributed by atoms with E-state index in [1.165, 1.54) is 0 Å². The Bertz CT molecular complexity index is 1130. The number of hydrogen-bond acceptors (Lipinski definition) is 3. The fraction of sp³-hybridized carbons (Fsp3) is 0.143. The Morgan fingerprint density at radius 3 is 2.54 bits per heavy atom. The smallest absolute Gasteiger partial charge is 0.0973 e. The minimum atomic E-state index is 0.140. The normalized spacial score (nSPS) is 12.4. The fourth-order valence-electron chi connectivity index (χ4n) is 3.12. The van der Waals surface area contributed by atoms with Gasteiger partial charge in [-0.2, -0.15) is 0 Å². The molecule has 2 aromatic rings. The molecular weight excluding hydrogens is 344 g/mol. The van der Waals surface area contributed by atoms with E-state index in [0.717, 1.165) is 38.9 Å². The van der Waals surface area contributed by atoms with E-state index < -0.39 is 0 Å². The molecule has 4 rings (SSSR count). The number of hydrogen-bond donors (Lipinski definition) is 2. The maximum absolute atomic E-state index is 6.53. The number of nitrogens with zero attached hydrogens (tertiary/aromatic N) is 2. The summed E-state index contributed by atoms with van der Waals surface area (Å²) >= 11 is 6.06. The zero-order valence-electron chi connectivity index (χ0n) is 14.6. The minimum absolute atomic E-state index is 0.140. The Hall–Kier alpha value is -2.85. The van der Waals surface area contributed by atoms with Crippen LogP contribution in [-0.4, -0.2) is 16.0 Å². The summed E-state index contributed by atoms with van der Waals surface area (Å²) in [5, 5.41) is 1.45. The molecule has 2 aromatic carbocycles. The van der Waals surface area contributed by atoms with Crippen LogP contribution < -0.4 is 11.1 Å². The number of nitrogens with one attached hydrogen (secondary N) is 1. The van der Waals surface area contributed by atoms with Gasteiger partial charge in [-0.1, -0.05) is 35.9 Å². The Morgan fingerprint density at radius 1 is 1.08 bits per heavy atom. The van der Waals surface area contributed by atoms with Crippen LogP contribution in [0.2, 0.25) is 5.02 Å². The molecule has 3 N–H and O–H groups in total. The van der Waals surface area contributed by atoms with E-state index in [9.17, 15) is 0 Å². The number of fused-ring (bicyclic) bond motifs is 2. The first-order chi connectivity index (χ1) is 12.5. The van der Waals surface area contributed by atoms with E-state index >= 15 is 0 Å². The van der Waals surface area contributed by atoms with Gasteiger partial charge in [0.05, 0.1) is 33.5 Å². The Morgan fingerprint density at radius 2 is 1.81 bits per heavy atom. The van der Waals surface area contributed by atoms with Gasteiger partial charge in [-0.25, -0.2) is 4.98 Å². The highest BCUT2D eigenvalue weighted by Gasteiger charge is 2.18. The van der Waals surface area contributed by atoms with Crippen LogP contribution in [0.25, 0.3) is 33.5 Å². The molecule has 0 unspecified atom stereocenters. The van der Waals surface area contributed by atoms with Gasteiger partial charge in [0.1, 0.15) is 0 Å². The molecule has 1 aliphatic carbocycles. The van der Waals surface area contributed by atoms with E-state index in [-0.39, 0.29) is 6.04 Å². The number of nitrogens with two attached hydrogens (primary N) is 1. The standard InChI is InChI=1S/C21H19ClN4/c1-12(2)24-17-11-18-21(26-16-6-4-3-5-15(16)25-18)19(20(17)23)13-7-9-14(22)10-8-13/h3-12,25H,23H2,1-2H3. The molecule has 0 aromatic heterocycles. The third-order valence-electron chi connectivity index (χ3n) is 4.25. The van der Waals surface area contributed by atoms with Crippen molar-refractivity contribution in [3.05, 3.63) is 65.0 Å². The van der Waals surface area contributed by atoms with Crippen molar-refractivity contribution in [1.29, 1.82) is 0 Å². The molecule has 0 atom stereocenters. The van der Waals surface area contributed by atoms with Crippen LogP contribution in [0.5, 0.6) is 0 Å². The van der Waals surface area contributed by atoms with E-state index in [1.54, 1.807) is 0 Å². The van der Waals surface area contributed by atoms with Crippen molar-refractivity contribution in [3.8, 4) is 22.5 Å². The maximum atomic E-state index is 6.53. The molecule has 5 heteroatoms. The summed E-state index contributed by atoms with van der Waals surface area (Å²) < 4.78 is 0. The number of benzene rings is 3. The molecule has 0 saturated carbocycles. The van der Waals surface area contributed by atoms with Crippen molar-refractivity contribution in [2.24, 2.45) is 4.99 Å². The summed E-state index contributed by atoms with van der Waals surface area (Å²) in [6, 6.07) is 17.7. The Kier molecular flexibility index (Phi) is 4.13. The maximum Gasteiger partial charge on any atom is 0.0973 e. The summed E-state index contributed by atoms with van der Waals surface area (Å²) in [5.74, 6) is 0. The quantitative estimate of drug-likeness (QED) is 0.394. The number of anilines is 1. The van der Waals surface area contributed by atoms with Crippen LogP contribution in [0, 0.1) is 0 Å². The minimum Gasteiger partial charge on any atom is -0.396 e. The number of para-hydroxylation sites is 2. The zero-order valence-corrected chi connectivity index (χ0v) is 15.4. The zero-order chi connectivity index (χ0) is 18.3. The van der Waals surface area contributed by atoms with Gasteiger partial charge >= 0.3 is 0 Å². The number of halogens is 1. The number of aromatic nitrogens is 2. The van der Waals surface area contributed by atoms with Gasteiger partial charge in [0, 0.05) is 16.6 Å². The summed E-state index contributed by atoms with van der Waals surface area (Å²) in [5.41, 5.74) is 12.6.